The molecule has 0 spiro atoms. The topological polar surface area (TPSA) is 151 Å². The third kappa shape index (κ3) is 1.84. The van der Waals surface area contributed by atoms with Crippen LogP contribution in [0.2, 0.25) is 0 Å². The number of carbonyl (C=O) groups is 1. The highest BCUT2D eigenvalue weighted by molar-refractivity contribution is 7.94. The van der Waals surface area contributed by atoms with E-state index in [0.717, 1.165) is 0 Å². The average molecular weight is 242 g/mol. The van der Waals surface area contributed by atoms with Crippen molar-refractivity contribution in [1.29, 1.82) is 0 Å². The van der Waals surface area contributed by atoms with Gasteiger partial charge in [-0.3, -0.25) is 13.9 Å². The molecule has 0 fully saturated rings. The number of amides is 1. The van der Waals surface area contributed by atoms with Gasteiger partial charge in [0.05, 0.1) is 0 Å². The van der Waals surface area contributed by atoms with Gasteiger partial charge in [-0.25, -0.2) is 0 Å². The number of azo groups is 1. The number of hydrogen-bond acceptors (Lipinski definition) is 6. The molecule has 0 saturated heterocycles. The Hall–Kier alpha value is -1.17. The van der Waals surface area contributed by atoms with Gasteiger partial charge in [-0.05, 0) is 0 Å². The van der Waals surface area contributed by atoms with Gasteiger partial charge in [0.1, 0.15) is 0 Å². The first-order valence-corrected chi connectivity index (χ1v) is 5.67. The lowest BCUT2D eigenvalue weighted by atomic mass is 10.6. The standard InChI is InChI=1S/C3H2N2O7S2/c6-2-1(13(7,8)9)3(5-4-2)14(10,11)12/h(H,7,8,9)(H,10,11,12). The van der Waals surface area contributed by atoms with Crippen molar-refractivity contribution in [2.24, 2.45) is 10.2 Å². The Morgan fingerprint density at radius 1 is 0.929 bits per heavy atom. The third-order valence-electron chi connectivity index (χ3n) is 1.12. The van der Waals surface area contributed by atoms with Crippen LogP contribution in [0.3, 0.4) is 0 Å². The van der Waals surface area contributed by atoms with Crippen LogP contribution in [0.25, 0.3) is 0 Å². The van der Waals surface area contributed by atoms with Crippen LogP contribution in [0.15, 0.2) is 20.2 Å². The van der Waals surface area contributed by atoms with E-state index in [0.29, 0.717) is 0 Å². The smallest absolute Gasteiger partial charge is 0.282 e. The highest BCUT2D eigenvalue weighted by Gasteiger charge is 2.37. The molecule has 0 aromatic heterocycles. The summed E-state index contributed by atoms with van der Waals surface area (Å²) in [6.45, 7) is 0. The monoisotopic (exact) mass is 242 g/mol. The Morgan fingerprint density at radius 2 is 1.43 bits per heavy atom. The van der Waals surface area contributed by atoms with Crippen LogP contribution < -0.4 is 0 Å². The number of hydrogen-bond donors (Lipinski definition) is 2. The molecule has 11 heteroatoms. The molecule has 1 rings (SSSR count). The fraction of sp³-hybridized carbons (Fsp3) is 0. The molecule has 1 heterocycles. The van der Waals surface area contributed by atoms with Gasteiger partial charge < -0.3 is 0 Å². The molecule has 0 radical (unpaired) electrons. The molecule has 1 aliphatic rings. The summed E-state index contributed by atoms with van der Waals surface area (Å²) < 4.78 is 58.7. The second-order valence-corrected chi connectivity index (χ2v) is 4.78. The van der Waals surface area contributed by atoms with Crippen molar-refractivity contribution in [1.82, 2.24) is 0 Å². The molecule has 0 aromatic rings. The zero-order valence-corrected chi connectivity index (χ0v) is 7.78. The minimum Gasteiger partial charge on any atom is -0.282 e. The van der Waals surface area contributed by atoms with Crippen LogP contribution in [0.4, 0.5) is 0 Å². The van der Waals surface area contributed by atoms with Gasteiger partial charge in [0, 0.05) is 0 Å². The highest BCUT2D eigenvalue weighted by Crippen LogP contribution is 2.24. The fourth-order valence-corrected chi connectivity index (χ4v) is 2.28. The Morgan fingerprint density at radius 3 is 1.71 bits per heavy atom. The minimum atomic E-state index is -5.08. The van der Waals surface area contributed by atoms with Gasteiger partial charge in [-0.2, -0.15) is 16.8 Å². The zero-order valence-electron chi connectivity index (χ0n) is 6.15. The van der Waals surface area contributed by atoms with Crippen molar-refractivity contribution in [2.75, 3.05) is 0 Å². The lowest BCUT2D eigenvalue weighted by Gasteiger charge is -1.95. The summed E-state index contributed by atoms with van der Waals surface area (Å²) in [6.07, 6.45) is 0. The van der Waals surface area contributed by atoms with Crippen LogP contribution in [0, 0.1) is 0 Å². The molecule has 0 bridgehead atoms. The van der Waals surface area contributed by atoms with E-state index in [4.69, 9.17) is 9.11 Å². The van der Waals surface area contributed by atoms with Crippen molar-refractivity contribution in [3.63, 3.8) is 0 Å². The molecule has 1 aliphatic heterocycles. The molecule has 78 valence electrons. The Labute approximate surface area is 77.6 Å². The first-order valence-electron chi connectivity index (χ1n) is 2.79. The summed E-state index contributed by atoms with van der Waals surface area (Å²) in [5, 5.41) is 3.70. The molecule has 14 heavy (non-hydrogen) atoms. The second kappa shape index (κ2) is 2.91. The second-order valence-electron chi connectivity index (χ2n) is 2.09. The molecule has 9 nitrogen and oxygen atoms in total. The molecular formula is C3H2N2O7S2. The van der Waals surface area contributed by atoms with Gasteiger partial charge in [0.15, 0.2) is 0 Å². The minimum absolute atomic E-state index is 1.48. The van der Waals surface area contributed by atoms with Crippen molar-refractivity contribution in [3.8, 4) is 0 Å². The van der Waals surface area contributed by atoms with Gasteiger partial charge in [0.2, 0.25) is 9.93 Å². The van der Waals surface area contributed by atoms with Crippen LogP contribution in [0.5, 0.6) is 0 Å². The molecule has 0 saturated carbocycles. The first kappa shape index (κ1) is 10.9. The van der Waals surface area contributed by atoms with Crippen molar-refractivity contribution >= 4 is 26.1 Å². The van der Waals surface area contributed by atoms with Crippen molar-refractivity contribution in [3.05, 3.63) is 9.93 Å². The summed E-state index contributed by atoms with van der Waals surface area (Å²) >= 11 is 0. The Balaban J connectivity index is 3.61. The maximum atomic E-state index is 10.6. The lowest BCUT2D eigenvalue weighted by molar-refractivity contribution is -0.113. The average Bonchev–Trinajstić information content (AvgIpc) is 2.27. The maximum absolute atomic E-state index is 10.6. The third-order valence-corrected chi connectivity index (χ3v) is 2.91. The predicted octanol–water partition coefficient (Wildman–Crippen LogP) is -1.08. The molecule has 1 amide bonds. The summed E-state index contributed by atoms with van der Waals surface area (Å²) in [4.78, 5) is 9.09. The molecule has 0 atom stereocenters. The molecule has 0 aliphatic carbocycles. The molecule has 2 N–H and O–H groups in total. The Kier molecular flexibility index (Phi) is 2.27. The molecule has 0 aromatic carbocycles. The van der Waals surface area contributed by atoms with Crippen LogP contribution in [-0.4, -0.2) is 31.8 Å². The van der Waals surface area contributed by atoms with E-state index in [2.05, 4.69) is 10.2 Å². The van der Waals surface area contributed by atoms with Crippen LogP contribution in [-0.2, 0) is 25.0 Å². The zero-order chi connectivity index (χ0) is 11.1. The number of rotatable bonds is 2. The predicted molar refractivity (Wildman–Crippen MR) is 40.0 cm³/mol. The van der Waals surface area contributed by atoms with E-state index in [1.54, 1.807) is 0 Å². The molecule has 0 unspecified atom stereocenters. The van der Waals surface area contributed by atoms with E-state index >= 15 is 0 Å². The van der Waals surface area contributed by atoms with Gasteiger partial charge in [-0.15, -0.1) is 10.2 Å². The van der Waals surface area contributed by atoms with Gasteiger partial charge in [-0.1, -0.05) is 0 Å². The van der Waals surface area contributed by atoms with Crippen molar-refractivity contribution in [2.45, 2.75) is 0 Å². The fourth-order valence-electron chi connectivity index (χ4n) is 0.663. The van der Waals surface area contributed by atoms with Gasteiger partial charge >= 0.3 is 26.1 Å². The molecular weight excluding hydrogens is 240 g/mol. The maximum Gasteiger partial charge on any atom is 0.315 e. The highest BCUT2D eigenvalue weighted by atomic mass is 32.2. The summed E-state index contributed by atoms with van der Waals surface area (Å²) in [6, 6.07) is 0. The lowest BCUT2D eigenvalue weighted by Crippen LogP contribution is -2.13. The SMILES string of the molecule is O=C1N=NC(S(=O)(=O)O)=C1S(=O)(=O)O. The van der Waals surface area contributed by atoms with Crippen LogP contribution in [0.1, 0.15) is 0 Å². The van der Waals surface area contributed by atoms with E-state index in [1.165, 1.54) is 0 Å². The normalized spacial score (nSPS) is 18.0. The quantitative estimate of drug-likeness (QED) is 0.584. The van der Waals surface area contributed by atoms with E-state index in [-0.39, 0.29) is 0 Å². The van der Waals surface area contributed by atoms with Crippen molar-refractivity contribution < 1.29 is 30.7 Å². The summed E-state index contributed by atoms with van der Waals surface area (Å²) in [5.74, 6) is -1.56. The number of carbonyl (C=O) groups excluding carboxylic acids is 1. The van der Waals surface area contributed by atoms with E-state index in [9.17, 15) is 21.6 Å². The van der Waals surface area contributed by atoms with E-state index < -0.39 is 36.1 Å². The Bertz CT molecular complexity index is 516. The number of nitrogens with zero attached hydrogens (tertiary/aromatic N) is 2. The summed E-state index contributed by atoms with van der Waals surface area (Å²) in [7, 11) is -10.1. The van der Waals surface area contributed by atoms with Crippen LogP contribution >= 0.6 is 0 Å². The largest absolute Gasteiger partial charge is 0.315 e. The van der Waals surface area contributed by atoms with Gasteiger partial charge in [0.25, 0.3) is 0 Å². The first-order chi connectivity index (χ1) is 6.14. The van der Waals surface area contributed by atoms with E-state index in [1.807, 2.05) is 0 Å². The summed E-state index contributed by atoms with van der Waals surface area (Å²) in [5.41, 5.74) is 0.